The summed E-state index contributed by atoms with van der Waals surface area (Å²) in [4.78, 5) is 0. The first-order chi connectivity index (χ1) is 8.99. The van der Waals surface area contributed by atoms with Crippen LogP contribution in [-0.2, 0) is 10.0 Å². The lowest BCUT2D eigenvalue weighted by atomic mass is 10.1. The van der Waals surface area contributed by atoms with Crippen molar-refractivity contribution in [2.75, 3.05) is 23.7 Å². The van der Waals surface area contributed by atoms with Crippen molar-refractivity contribution in [3.8, 4) is 0 Å². The van der Waals surface area contributed by atoms with Crippen LogP contribution in [0.5, 0.6) is 0 Å². The maximum atomic E-state index is 12.4. The molecule has 0 aromatic heterocycles. The molecule has 1 unspecified atom stereocenters. The first kappa shape index (κ1) is 14.3. The molecule has 1 aliphatic rings. The number of rotatable bonds is 4. The molecule has 1 aromatic carbocycles. The second-order valence-corrected chi connectivity index (χ2v) is 7.28. The van der Waals surface area contributed by atoms with Gasteiger partial charge in [0.05, 0.1) is 11.4 Å². The van der Waals surface area contributed by atoms with E-state index in [0.717, 1.165) is 37.1 Å². The van der Waals surface area contributed by atoms with Gasteiger partial charge in [-0.1, -0.05) is 18.6 Å². The van der Waals surface area contributed by atoms with Crippen LogP contribution in [0.25, 0.3) is 0 Å². The molecule has 19 heavy (non-hydrogen) atoms. The molecule has 0 saturated carbocycles. The maximum Gasteiger partial charge on any atom is 0.236 e. The quantitative estimate of drug-likeness (QED) is 0.917. The molecular formula is C14H22N2O2S. The zero-order valence-electron chi connectivity index (χ0n) is 11.6. The van der Waals surface area contributed by atoms with Crippen LogP contribution >= 0.6 is 0 Å². The van der Waals surface area contributed by atoms with Gasteiger partial charge in [-0.3, -0.25) is 4.31 Å². The van der Waals surface area contributed by atoms with Gasteiger partial charge in [0, 0.05) is 13.1 Å². The van der Waals surface area contributed by atoms with E-state index in [2.05, 4.69) is 5.32 Å². The fourth-order valence-corrected chi connectivity index (χ4v) is 3.87. The summed E-state index contributed by atoms with van der Waals surface area (Å²) >= 11 is 0. The van der Waals surface area contributed by atoms with E-state index in [4.69, 9.17) is 0 Å². The molecule has 0 amide bonds. The third-order valence-corrected chi connectivity index (χ3v) is 5.48. The Balaban J connectivity index is 2.10. The molecule has 1 fully saturated rings. The number of hydrogen-bond donors (Lipinski definition) is 1. The molecular weight excluding hydrogens is 260 g/mol. The third kappa shape index (κ3) is 3.70. The third-order valence-electron chi connectivity index (χ3n) is 3.61. The molecule has 1 aliphatic heterocycles. The summed E-state index contributed by atoms with van der Waals surface area (Å²) in [7, 11) is -1.63. The molecule has 0 radical (unpaired) electrons. The number of nitrogens with zero attached hydrogens (tertiary/aromatic N) is 1. The van der Waals surface area contributed by atoms with E-state index in [1.807, 2.05) is 31.2 Å². The predicted octanol–water partition coefficient (Wildman–Crippen LogP) is 1.90. The summed E-state index contributed by atoms with van der Waals surface area (Å²) < 4.78 is 26.2. The van der Waals surface area contributed by atoms with E-state index < -0.39 is 10.0 Å². The van der Waals surface area contributed by atoms with Gasteiger partial charge in [0.15, 0.2) is 0 Å². The smallest absolute Gasteiger partial charge is 0.236 e. The molecule has 0 spiro atoms. The normalized spacial score (nSPS) is 20.2. The number of nitrogens with one attached hydrogen (secondary N) is 1. The average molecular weight is 282 g/mol. The molecule has 4 nitrogen and oxygen atoms in total. The first-order valence-electron chi connectivity index (χ1n) is 6.76. The lowest BCUT2D eigenvalue weighted by Crippen LogP contribution is -2.43. The lowest BCUT2D eigenvalue weighted by molar-refractivity contribution is 0.423. The summed E-state index contributed by atoms with van der Waals surface area (Å²) in [5.41, 5.74) is 1.80. The van der Waals surface area contributed by atoms with Gasteiger partial charge in [-0.2, -0.15) is 0 Å². The number of anilines is 1. The summed E-state index contributed by atoms with van der Waals surface area (Å²) in [6, 6.07) is 7.67. The van der Waals surface area contributed by atoms with Crippen molar-refractivity contribution in [1.82, 2.24) is 5.32 Å². The minimum absolute atomic E-state index is 0.0889. The molecule has 0 bridgehead atoms. The molecule has 1 N–H and O–H groups in total. The second-order valence-electron chi connectivity index (χ2n) is 5.23. The fourth-order valence-electron chi connectivity index (χ4n) is 2.42. The number of aryl methyl sites for hydroxylation is 1. The van der Waals surface area contributed by atoms with Crippen molar-refractivity contribution < 1.29 is 8.42 Å². The van der Waals surface area contributed by atoms with Gasteiger partial charge in [0.1, 0.15) is 0 Å². The molecule has 5 heteroatoms. The van der Waals surface area contributed by atoms with Gasteiger partial charge in [-0.25, -0.2) is 8.42 Å². The Morgan fingerprint density at radius 3 is 2.79 bits per heavy atom. The zero-order chi connectivity index (χ0) is 13.9. The highest BCUT2D eigenvalue weighted by Crippen LogP contribution is 2.19. The highest BCUT2D eigenvalue weighted by molar-refractivity contribution is 7.92. The van der Waals surface area contributed by atoms with E-state index in [1.165, 1.54) is 4.31 Å². The number of sulfonamides is 1. The largest absolute Gasteiger partial charge is 0.313 e. The molecule has 0 aliphatic carbocycles. The van der Waals surface area contributed by atoms with Crippen LogP contribution in [-0.4, -0.2) is 33.8 Å². The molecule has 2 rings (SSSR count). The first-order valence-corrected chi connectivity index (χ1v) is 8.36. The van der Waals surface area contributed by atoms with Crippen LogP contribution < -0.4 is 9.62 Å². The van der Waals surface area contributed by atoms with Crippen LogP contribution in [0.2, 0.25) is 0 Å². The Morgan fingerprint density at radius 2 is 2.16 bits per heavy atom. The maximum absolute atomic E-state index is 12.4. The van der Waals surface area contributed by atoms with E-state index in [9.17, 15) is 8.42 Å². The number of hydrogen-bond acceptors (Lipinski definition) is 3. The average Bonchev–Trinajstić information content (AvgIpc) is 2.38. The number of piperidine rings is 1. The second kappa shape index (κ2) is 5.92. The van der Waals surface area contributed by atoms with Gasteiger partial charge in [0.2, 0.25) is 10.0 Å². The predicted molar refractivity (Wildman–Crippen MR) is 79.0 cm³/mol. The molecule has 1 heterocycles. The monoisotopic (exact) mass is 282 g/mol. The van der Waals surface area contributed by atoms with Crippen molar-refractivity contribution in [3.05, 3.63) is 29.8 Å². The van der Waals surface area contributed by atoms with Crippen molar-refractivity contribution in [2.24, 2.45) is 0 Å². The fraction of sp³-hybridized carbons (Fsp3) is 0.571. The number of benzene rings is 1. The Bertz CT molecular complexity index is 522. The zero-order valence-corrected chi connectivity index (χ0v) is 12.4. The highest BCUT2D eigenvalue weighted by Gasteiger charge is 2.24. The van der Waals surface area contributed by atoms with Gasteiger partial charge in [-0.15, -0.1) is 0 Å². The van der Waals surface area contributed by atoms with Crippen LogP contribution in [0, 0.1) is 6.92 Å². The minimum Gasteiger partial charge on any atom is -0.313 e. The molecule has 1 atom stereocenters. The van der Waals surface area contributed by atoms with Gasteiger partial charge >= 0.3 is 0 Å². The van der Waals surface area contributed by atoms with Crippen molar-refractivity contribution in [3.63, 3.8) is 0 Å². The van der Waals surface area contributed by atoms with E-state index in [0.29, 0.717) is 0 Å². The summed E-state index contributed by atoms with van der Waals surface area (Å²) in [6.45, 7) is 2.89. The van der Waals surface area contributed by atoms with E-state index in [1.54, 1.807) is 7.05 Å². The van der Waals surface area contributed by atoms with E-state index >= 15 is 0 Å². The van der Waals surface area contributed by atoms with E-state index in [-0.39, 0.29) is 11.8 Å². The molecule has 1 saturated heterocycles. The van der Waals surface area contributed by atoms with Crippen molar-refractivity contribution >= 4 is 15.7 Å². The van der Waals surface area contributed by atoms with Gasteiger partial charge in [0.25, 0.3) is 0 Å². The van der Waals surface area contributed by atoms with Crippen LogP contribution in [0.1, 0.15) is 24.8 Å². The SMILES string of the molecule is Cc1cccc(N(C)S(=O)(=O)CC2CCCCN2)c1. The van der Waals surface area contributed by atoms with Gasteiger partial charge < -0.3 is 5.32 Å². The molecule has 1 aromatic rings. The van der Waals surface area contributed by atoms with Crippen LogP contribution in [0.4, 0.5) is 5.69 Å². The Morgan fingerprint density at radius 1 is 1.37 bits per heavy atom. The summed E-state index contributed by atoms with van der Waals surface area (Å²) in [6.07, 6.45) is 3.20. The summed E-state index contributed by atoms with van der Waals surface area (Å²) in [5, 5.41) is 3.29. The van der Waals surface area contributed by atoms with Gasteiger partial charge in [-0.05, 0) is 44.0 Å². The Kier molecular flexibility index (Phi) is 4.47. The molecule has 106 valence electrons. The summed E-state index contributed by atoms with van der Waals surface area (Å²) in [5.74, 6) is 0.178. The topological polar surface area (TPSA) is 49.4 Å². The van der Waals surface area contributed by atoms with Crippen LogP contribution in [0.15, 0.2) is 24.3 Å². The Hall–Kier alpha value is -1.07. The van der Waals surface area contributed by atoms with Crippen molar-refractivity contribution in [1.29, 1.82) is 0 Å². The minimum atomic E-state index is -3.26. The standard InChI is InChI=1S/C14H22N2O2S/c1-12-6-5-8-14(10-12)16(2)19(17,18)11-13-7-3-4-9-15-13/h5-6,8,10,13,15H,3-4,7,9,11H2,1-2H3. The van der Waals surface area contributed by atoms with Crippen molar-refractivity contribution in [2.45, 2.75) is 32.2 Å². The Labute approximate surface area is 115 Å². The lowest BCUT2D eigenvalue weighted by Gasteiger charge is -2.27. The van der Waals surface area contributed by atoms with Crippen LogP contribution in [0.3, 0.4) is 0 Å². The highest BCUT2D eigenvalue weighted by atomic mass is 32.2.